The maximum absolute atomic E-state index is 14.2. The van der Waals surface area contributed by atoms with Gasteiger partial charge in [-0.2, -0.15) is 0 Å². The van der Waals surface area contributed by atoms with Crippen LogP contribution < -0.4 is 0 Å². The third kappa shape index (κ3) is 1.32. The van der Waals surface area contributed by atoms with E-state index in [2.05, 4.69) is 4.98 Å². The summed E-state index contributed by atoms with van der Waals surface area (Å²) in [7, 11) is 0. The van der Waals surface area contributed by atoms with Crippen molar-refractivity contribution in [2.45, 2.75) is 24.3 Å². The van der Waals surface area contributed by atoms with E-state index in [1.165, 1.54) is 12.1 Å². The van der Waals surface area contributed by atoms with Crippen molar-refractivity contribution in [3.8, 4) is 0 Å². The highest BCUT2D eigenvalue weighted by Crippen LogP contribution is 2.66. The number of aromatic nitrogens is 2. The van der Waals surface area contributed by atoms with Gasteiger partial charge in [0.05, 0.1) is 5.02 Å². The van der Waals surface area contributed by atoms with Crippen molar-refractivity contribution >= 4 is 23.8 Å². The van der Waals surface area contributed by atoms with Gasteiger partial charge in [0.2, 0.25) is 0 Å². The van der Waals surface area contributed by atoms with E-state index in [4.69, 9.17) is 23.8 Å². The number of benzene rings is 1. The van der Waals surface area contributed by atoms with Crippen LogP contribution in [0.2, 0.25) is 5.02 Å². The summed E-state index contributed by atoms with van der Waals surface area (Å²) in [6.45, 7) is 0.517. The second kappa shape index (κ2) is 3.46. The Labute approximate surface area is 118 Å². The van der Waals surface area contributed by atoms with Gasteiger partial charge >= 0.3 is 0 Å². The Hall–Kier alpha value is -1.20. The third-order valence-electron chi connectivity index (χ3n) is 4.31. The molecule has 1 saturated carbocycles. The summed E-state index contributed by atoms with van der Waals surface area (Å²) in [6.07, 6.45) is 2.58. The van der Waals surface area contributed by atoms with Gasteiger partial charge in [0.25, 0.3) is 0 Å². The average molecular weight is 299 g/mol. The fraction of sp³-hybridized carbons (Fsp3) is 0.308. The Bertz CT molecular complexity index is 766. The largest absolute Gasteiger partial charge is 0.337 e. The summed E-state index contributed by atoms with van der Waals surface area (Å²) in [6, 6.07) is 2.49. The molecule has 1 aromatic heterocycles. The van der Waals surface area contributed by atoms with Crippen LogP contribution in [0.5, 0.6) is 0 Å². The molecule has 2 atom stereocenters. The van der Waals surface area contributed by atoms with Crippen LogP contribution in [0.15, 0.2) is 18.3 Å². The topological polar surface area (TPSA) is 20.7 Å². The standard InChI is InChI=1S/C13H9ClF2N2S/c14-7-1-2-8(15)10(11(7)16)13-3-6(13)9-4-17-12(19)18(9)5-13/h1-2,4,6H,3,5H2,(H,17,19)/t6-,13-/m1/s1. The predicted octanol–water partition coefficient (Wildman–Crippen LogP) is 3.92. The highest BCUT2D eigenvalue weighted by Gasteiger charge is 2.63. The molecule has 1 aliphatic heterocycles. The van der Waals surface area contributed by atoms with Gasteiger partial charge in [-0.15, -0.1) is 0 Å². The van der Waals surface area contributed by atoms with E-state index in [-0.39, 0.29) is 16.5 Å². The molecule has 98 valence electrons. The van der Waals surface area contributed by atoms with Crippen molar-refractivity contribution in [3.63, 3.8) is 0 Å². The first kappa shape index (κ1) is 11.6. The van der Waals surface area contributed by atoms with Crippen LogP contribution in [-0.4, -0.2) is 9.55 Å². The average Bonchev–Trinajstić information content (AvgIpc) is 2.83. The number of nitrogens with zero attached hydrogens (tertiary/aromatic N) is 1. The number of H-pyrrole nitrogens is 1. The molecule has 2 heterocycles. The molecule has 0 radical (unpaired) electrons. The molecular formula is C13H9ClF2N2S. The van der Waals surface area contributed by atoms with Crippen LogP contribution in [0.4, 0.5) is 8.78 Å². The maximum Gasteiger partial charge on any atom is 0.177 e. The molecule has 4 rings (SSSR count). The molecule has 1 N–H and O–H groups in total. The lowest BCUT2D eigenvalue weighted by atomic mass is 9.93. The Kier molecular flexibility index (Phi) is 2.12. The first-order valence-electron chi connectivity index (χ1n) is 5.97. The number of hydrogen-bond acceptors (Lipinski definition) is 1. The molecule has 1 fully saturated rings. The quantitative estimate of drug-likeness (QED) is 0.625. The molecular weight excluding hydrogens is 290 g/mol. The van der Waals surface area contributed by atoms with Gasteiger partial charge in [-0.05, 0) is 30.8 Å². The zero-order valence-electron chi connectivity index (χ0n) is 9.71. The van der Waals surface area contributed by atoms with Gasteiger partial charge in [-0.1, -0.05) is 11.6 Å². The van der Waals surface area contributed by atoms with Gasteiger partial charge in [-0.25, -0.2) is 8.78 Å². The van der Waals surface area contributed by atoms with E-state index in [1.807, 2.05) is 10.8 Å². The first-order valence-corrected chi connectivity index (χ1v) is 6.75. The molecule has 0 amide bonds. The van der Waals surface area contributed by atoms with E-state index < -0.39 is 17.0 Å². The molecule has 2 nitrogen and oxygen atoms in total. The minimum absolute atomic E-state index is 0.0295. The number of fused-ring (bicyclic) bond motifs is 3. The molecule has 6 heteroatoms. The molecule has 0 spiro atoms. The molecule has 1 aliphatic carbocycles. The van der Waals surface area contributed by atoms with Crippen molar-refractivity contribution in [3.05, 3.63) is 51.0 Å². The van der Waals surface area contributed by atoms with Gasteiger partial charge in [0.1, 0.15) is 11.6 Å². The minimum atomic E-state index is -0.634. The summed E-state index contributed by atoms with van der Waals surface area (Å²) >= 11 is 11.0. The number of nitrogens with one attached hydrogen (secondary N) is 1. The molecule has 0 bridgehead atoms. The summed E-state index contributed by atoms with van der Waals surface area (Å²) < 4.78 is 30.8. The number of imidazole rings is 1. The smallest absolute Gasteiger partial charge is 0.177 e. The third-order valence-corrected chi connectivity index (χ3v) is 4.94. The fourth-order valence-electron chi connectivity index (χ4n) is 3.35. The zero-order valence-corrected chi connectivity index (χ0v) is 11.3. The Morgan fingerprint density at radius 2 is 2.21 bits per heavy atom. The van der Waals surface area contributed by atoms with Gasteiger partial charge in [-0.3, -0.25) is 0 Å². The van der Waals surface area contributed by atoms with Gasteiger partial charge < -0.3 is 9.55 Å². The van der Waals surface area contributed by atoms with Crippen LogP contribution in [-0.2, 0) is 12.0 Å². The van der Waals surface area contributed by atoms with E-state index in [1.54, 1.807) is 0 Å². The summed E-state index contributed by atoms with van der Waals surface area (Å²) in [5.74, 6) is -1.03. The van der Waals surface area contributed by atoms with E-state index in [0.29, 0.717) is 11.3 Å². The van der Waals surface area contributed by atoms with Crippen LogP contribution >= 0.6 is 23.8 Å². The molecule has 2 aliphatic rings. The van der Waals surface area contributed by atoms with Gasteiger partial charge in [0, 0.05) is 35.3 Å². The highest BCUT2D eigenvalue weighted by molar-refractivity contribution is 7.71. The second-order valence-electron chi connectivity index (χ2n) is 5.24. The van der Waals surface area contributed by atoms with Crippen molar-refractivity contribution in [2.75, 3.05) is 0 Å². The van der Waals surface area contributed by atoms with Gasteiger partial charge in [0.15, 0.2) is 4.77 Å². The SMILES string of the molecule is Fc1ccc(Cl)c(F)c1[C@@]12C[C@@H]1c1c[nH]c(=S)n1C2. The predicted molar refractivity (Wildman–Crippen MR) is 70.0 cm³/mol. The molecule has 0 unspecified atom stereocenters. The normalized spacial score (nSPS) is 27.2. The number of rotatable bonds is 1. The van der Waals surface area contributed by atoms with E-state index in [9.17, 15) is 8.78 Å². The lowest BCUT2D eigenvalue weighted by Crippen LogP contribution is -2.17. The Morgan fingerprint density at radius 3 is 2.95 bits per heavy atom. The van der Waals surface area contributed by atoms with E-state index >= 15 is 0 Å². The van der Waals surface area contributed by atoms with Crippen LogP contribution in [0.25, 0.3) is 0 Å². The Morgan fingerprint density at radius 1 is 1.42 bits per heavy atom. The van der Waals surface area contributed by atoms with Crippen molar-refractivity contribution in [2.24, 2.45) is 0 Å². The molecule has 19 heavy (non-hydrogen) atoms. The van der Waals surface area contributed by atoms with Crippen molar-refractivity contribution in [1.82, 2.24) is 9.55 Å². The molecule has 0 saturated heterocycles. The zero-order chi connectivity index (χ0) is 13.4. The number of hydrogen-bond donors (Lipinski definition) is 1. The molecule has 1 aromatic carbocycles. The first-order chi connectivity index (χ1) is 9.04. The molecule has 2 aromatic rings. The van der Waals surface area contributed by atoms with Crippen LogP contribution in [0.3, 0.4) is 0 Å². The van der Waals surface area contributed by atoms with E-state index in [0.717, 1.165) is 12.1 Å². The number of aromatic amines is 1. The van der Waals surface area contributed by atoms with Crippen LogP contribution in [0.1, 0.15) is 23.6 Å². The Balaban J connectivity index is 1.90. The summed E-state index contributed by atoms with van der Waals surface area (Å²) in [5.41, 5.74) is 0.642. The van der Waals surface area contributed by atoms with Crippen LogP contribution in [0, 0.1) is 16.4 Å². The maximum atomic E-state index is 14.2. The lowest BCUT2D eigenvalue weighted by Gasteiger charge is -2.16. The second-order valence-corrected chi connectivity index (χ2v) is 6.03. The minimum Gasteiger partial charge on any atom is -0.337 e. The van der Waals surface area contributed by atoms with Crippen molar-refractivity contribution in [1.29, 1.82) is 0 Å². The highest BCUT2D eigenvalue weighted by atomic mass is 35.5. The fourth-order valence-corrected chi connectivity index (χ4v) is 3.74. The monoisotopic (exact) mass is 298 g/mol. The summed E-state index contributed by atoms with van der Waals surface area (Å²) in [5, 5.41) is -0.0295. The summed E-state index contributed by atoms with van der Waals surface area (Å²) in [4.78, 5) is 2.97. The lowest BCUT2D eigenvalue weighted by molar-refractivity contribution is 0.487. The van der Waals surface area contributed by atoms with Crippen molar-refractivity contribution < 1.29 is 8.78 Å². The number of halogens is 3.